The first-order valence-corrected chi connectivity index (χ1v) is 7.86. The number of hydrogen-bond donors (Lipinski definition) is 2. The number of anilines is 4. The molecule has 6 nitrogen and oxygen atoms in total. The fourth-order valence-corrected chi connectivity index (χ4v) is 1.96. The summed E-state index contributed by atoms with van der Waals surface area (Å²) in [7, 11) is 3.82. The molecule has 0 aliphatic rings. The summed E-state index contributed by atoms with van der Waals surface area (Å²) >= 11 is 2.28. The van der Waals surface area contributed by atoms with Gasteiger partial charge in [-0.3, -0.25) is 0 Å². The van der Waals surface area contributed by atoms with Crippen LogP contribution in [0.15, 0.2) is 24.3 Å². The maximum Gasteiger partial charge on any atom is 0.233 e. The summed E-state index contributed by atoms with van der Waals surface area (Å²) in [5.41, 5.74) is 0.952. The van der Waals surface area contributed by atoms with Crippen molar-refractivity contribution in [2.75, 3.05) is 36.2 Å². The molecule has 1 heterocycles. The molecule has 0 radical (unpaired) electrons. The van der Waals surface area contributed by atoms with Crippen LogP contribution in [0.5, 0.6) is 0 Å². The highest BCUT2D eigenvalue weighted by atomic mass is 127. The lowest BCUT2D eigenvalue weighted by Gasteiger charge is -2.14. The van der Waals surface area contributed by atoms with E-state index < -0.39 is 0 Å². The molecular weight excluding hydrogens is 379 g/mol. The van der Waals surface area contributed by atoms with E-state index >= 15 is 0 Å². The molecule has 0 unspecified atom stereocenters. The van der Waals surface area contributed by atoms with Gasteiger partial charge in [-0.1, -0.05) is 6.92 Å². The molecule has 0 aliphatic heterocycles. The summed E-state index contributed by atoms with van der Waals surface area (Å²) in [6.45, 7) is 2.94. The Labute approximate surface area is 138 Å². The SMILES string of the molecule is CCCNc1nc(Nc2ccc(I)cc2)nc(N(C)C)n1. The highest BCUT2D eigenvalue weighted by Crippen LogP contribution is 2.18. The van der Waals surface area contributed by atoms with Gasteiger partial charge in [-0.15, -0.1) is 0 Å². The normalized spacial score (nSPS) is 10.3. The third kappa shape index (κ3) is 4.69. The number of halogens is 1. The predicted molar refractivity (Wildman–Crippen MR) is 95.4 cm³/mol. The lowest BCUT2D eigenvalue weighted by atomic mass is 10.3. The van der Waals surface area contributed by atoms with Crippen molar-refractivity contribution < 1.29 is 0 Å². The number of hydrogen-bond acceptors (Lipinski definition) is 6. The second-order valence-electron chi connectivity index (χ2n) is 4.74. The zero-order valence-corrected chi connectivity index (χ0v) is 14.5. The lowest BCUT2D eigenvalue weighted by molar-refractivity contribution is 0.919. The average Bonchev–Trinajstić information content (AvgIpc) is 2.47. The van der Waals surface area contributed by atoms with Crippen molar-refractivity contribution in [3.63, 3.8) is 0 Å². The van der Waals surface area contributed by atoms with Gasteiger partial charge in [0.05, 0.1) is 0 Å². The second-order valence-corrected chi connectivity index (χ2v) is 5.98. The first-order chi connectivity index (χ1) is 10.1. The molecule has 2 N–H and O–H groups in total. The number of nitrogens with one attached hydrogen (secondary N) is 2. The minimum atomic E-state index is 0.536. The first kappa shape index (κ1) is 15.7. The molecule has 0 atom stereocenters. The Morgan fingerprint density at radius 3 is 2.33 bits per heavy atom. The van der Waals surface area contributed by atoms with Crippen LogP contribution in [0.2, 0.25) is 0 Å². The van der Waals surface area contributed by atoms with Crippen LogP contribution in [-0.4, -0.2) is 35.6 Å². The van der Waals surface area contributed by atoms with E-state index in [0.29, 0.717) is 17.8 Å². The molecular formula is C14H19IN6. The van der Waals surface area contributed by atoms with E-state index in [1.165, 1.54) is 3.57 Å². The van der Waals surface area contributed by atoms with Gasteiger partial charge in [0.25, 0.3) is 0 Å². The van der Waals surface area contributed by atoms with Crippen LogP contribution in [0.4, 0.5) is 23.5 Å². The quantitative estimate of drug-likeness (QED) is 0.730. The van der Waals surface area contributed by atoms with Crippen molar-refractivity contribution in [2.45, 2.75) is 13.3 Å². The summed E-state index contributed by atoms with van der Waals surface area (Å²) < 4.78 is 1.19. The van der Waals surface area contributed by atoms with Crippen molar-refractivity contribution >= 4 is 46.1 Å². The first-order valence-electron chi connectivity index (χ1n) is 6.78. The highest BCUT2D eigenvalue weighted by molar-refractivity contribution is 14.1. The Kier molecular flexibility index (Phi) is 5.54. The van der Waals surface area contributed by atoms with Crippen molar-refractivity contribution in [1.82, 2.24) is 15.0 Å². The van der Waals surface area contributed by atoms with Gasteiger partial charge in [-0.25, -0.2) is 0 Å². The molecule has 0 fully saturated rings. The standard InChI is InChI=1S/C14H19IN6/c1-4-9-16-12-18-13(20-14(19-12)21(2)3)17-11-7-5-10(15)6-8-11/h5-8H,4,9H2,1-3H3,(H2,16,17,18,19,20). The number of rotatable bonds is 6. The Balaban J connectivity index is 2.24. The maximum atomic E-state index is 4.41. The van der Waals surface area contributed by atoms with E-state index in [0.717, 1.165) is 18.7 Å². The van der Waals surface area contributed by atoms with Gasteiger partial charge in [-0.2, -0.15) is 15.0 Å². The van der Waals surface area contributed by atoms with E-state index in [4.69, 9.17) is 0 Å². The van der Waals surface area contributed by atoms with E-state index in [-0.39, 0.29) is 0 Å². The van der Waals surface area contributed by atoms with Crippen molar-refractivity contribution in [3.05, 3.63) is 27.8 Å². The third-order valence-corrected chi connectivity index (χ3v) is 3.38. The van der Waals surface area contributed by atoms with E-state index in [9.17, 15) is 0 Å². The minimum absolute atomic E-state index is 0.536. The smallest absolute Gasteiger partial charge is 0.233 e. The summed E-state index contributed by atoms with van der Waals surface area (Å²) in [6, 6.07) is 8.07. The van der Waals surface area contributed by atoms with Crippen LogP contribution in [0.3, 0.4) is 0 Å². The Bertz CT molecular complexity index is 585. The molecule has 112 valence electrons. The predicted octanol–water partition coefficient (Wildman–Crippen LogP) is 3.11. The van der Waals surface area contributed by atoms with Crippen LogP contribution < -0.4 is 15.5 Å². The Morgan fingerprint density at radius 1 is 1.05 bits per heavy atom. The summed E-state index contributed by atoms with van der Waals surface area (Å²) in [5.74, 6) is 1.74. The van der Waals surface area contributed by atoms with Crippen LogP contribution in [-0.2, 0) is 0 Å². The van der Waals surface area contributed by atoms with Gasteiger partial charge >= 0.3 is 0 Å². The number of benzene rings is 1. The topological polar surface area (TPSA) is 66.0 Å². The molecule has 1 aromatic heterocycles. The average molecular weight is 398 g/mol. The zero-order valence-electron chi connectivity index (χ0n) is 12.4. The molecule has 1 aromatic carbocycles. The fourth-order valence-electron chi connectivity index (χ4n) is 1.60. The van der Waals surface area contributed by atoms with Crippen LogP contribution >= 0.6 is 22.6 Å². The Morgan fingerprint density at radius 2 is 1.71 bits per heavy atom. The van der Waals surface area contributed by atoms with Gasteiger partial charge in [0.1, 0.15) is 0 Å². The molecule has 0 bridgehead atoms. The zero-order chi connectivity index (χ0) is 15.2. The molecule has 0 aliphatic carbocycles. The fraction of sp³-hybridized carbons (Fsp3) is 0.357. The molecule has 2 rings (SSSR count). The molecule has 2 aromatic rings. The number of aromatic nitrogens is 3. The van der Waals surface area contributed by atoms with Crippen molar-refractivity contribution in [1.29, 1.82) is 0 Å². The largest absolute Gasteiger partial charge is 0.354 e. The molecule has 0 saturated heterocycles. The Hall–Kier alpha value is -1.64. The molecule has 7 heteroatoms. The molecule has 0 spiro atoms. The van der Waals surface area contributed by atoms with Gasteiger partial charge in [0.15, 0.2) is 0 Å². The second kappa shape index (κ2) is 7.39. The monoisotopic (exact) mass is 398 g/mol. The summed E-state index contributed by atoms with van der Waals surface area (Å²) in [5, 5.41) is 6.41. The van der Waals surface area contributed by atoms with Gasteiger partial charge in [0.2, 0.25) is 17.8 Å². The van der Waals surface area contributed by atoms with Crippen molar-refractivity contribution in [2.24, 2.45) is 0 Å². The molecule has 0 saturated carbocycles. The number of nitrogens with zero attached hydrogens (tertiary/aromatic N) is 4. The maximum absolute atomic E-state index is 4.41. The molecule has 0 amide bonds. The van der Waals surface area contributed by atoms with E-state index in [2.05, 4.69) is 55.1 Å². The van der Waals surface area contributed by atoms with Gasteiger partial charge in [0, 0.05) is 29.9 Å². The van der Waals surface area contributed by atoms with Crippen LogP contribution in [0.25, 0.3) is 0 Å². The van der Waals surface area contributed by atoms with Gasteiger partial charge < -0.3 is 15.5 Å². The summed E-state index contributed by atoms with van der Waals surface area (Å²) in [4.78, 5) is 15.0. The van der Waals surface area contributed by atoms with Gasteiger partial charge in [-0.05, 0) is 53.3 Å². The van der Waals surface area contributed by atoms with E-state index in [1.54, 1.807) is 0 Å². The minimum Gasteiger partial charge on any atom is -0.354 e. The molecule has 21 heavy (non-hydrogen) atoms. The van der Waals surface area contributed by atoms with Crippen LogP contribution in [0.1, 0.15) is 13.3 Å². The third-order valence-electron chi connectivity index (χ3n) is 2.66. The van der Waals surface area contributed by atoms with E-state index in [1.807, 2.05) is 43.3 Å². The van der Waals surface area contributed by atoms with Crippen LogP contribution in [0, 0.1) is 3.57 Å². The highest BCUT2D eigenvalue weighted by Gasteiger charge is 2.08. The lowest BCUT2D eigenvalue weighted by Crippen LogP contribution is -2.16. The summed E-state index contributed by atoms with van der Waals surface area (Å²) in [6.07, 6.45) is 1.02. The van der Waals surface area contributed by atoms with Crippen molar-refractivity contribution in [3.8, 4) is 0 Å².